The molecule has 0 aromatic heterocycles. The zero-order chi connectivity index (χ0) is 10.8. The van der Waals surface area contributed by atoms with Gasteiger partial charge in [0.2, 0.25) is 0 Å². The summed E-state index contributed by atoms with van der Waals surface area (Å²) in [7, 11) is 0. The molecule has 0 unspecified atom stereocenters. The molecule has 14 heavy (non-hydrogen) atoms. The van der Waals surface area contributed by atoms with E-state index in [4.69, 9.17) is 28.3 Å². The first kappa shape index (κ1) is 11.6. The molecular weight excluding hydrogens is 221 g/mol. The summed E-state index contributed by atoms with van der Waals surface area (Å²) in [5.41, 5.74) is 0.426. The summed E-state index contributed by atoms with van der Waals surface area (Å²) in [5.74, 6) is 0. The molecule has 0 bridgehead atoms. The Morgan fingerprint density at radius 1 is 1.21 bits per heavy atom. The van der Waals surface area contributed by atoms with Crippen LogP contribution in [0.25, 0.3) is 0 Å². The zero-order valence-corrected chi connectivity index (χ0v) is 9.65. The van der Waals surface area contributed by atoms with Crippen LogP contribution >= 0.6 is 23.2 Å². The van der Waals surface area contributed by atoms with Gasteiger partial charge in [-0.2, -0.15) is 0 Å². The average Bonchev–Trinajstić information content (AvgIpc) is 2.01. The van der Waals surface area contributed by atoms with Crippen LogP contribution in [0.15, 0.2) is 18.2 Å². The Kier molecular flexibility index (Phi) is 3.65. The zero-order valence-electron chi connectivity index (χ0n) is 8.14. The van der Waals surface area contributed by atoms with E-state index in [0.717, 1.165) is 5.69 Å². The second kappa shape index (κ2) is 4.39. The molecule has 0 atom stereocenters. The van der Waals surface area contributed by atoms with Gasteiger partial charge in [0.1, 0.15) is 0 Å². The van der Waals surface area contributed by atoms with E-state index in [-0.39, 0.29) is 12.1 Å². The molecule has 0 aliphatic heterocycles. The Labute approximate surface area is 93.8 Å². The summed E-state index contributed by atoms with van der Waals surface area (Å²) in [6.45, 7) is 3.82. The van der Waals surface area contributed by atoms with Crippen molar-refractivity contribution in [1.82, 2.24) is 0 Å². The van der Waals surface area contributed by atoms with Crippen molar-refractivity contribution in [3.8, 4) is 0 Å². The van der Waals surface area contributed by atoms with Crippen LogP contribution in [0.2, 0.25) is 10.0 Å². The van der Waals surface area contributed by atoms with Gasteiger partial charge in [-0.3, -0.25) is 0 Å². The molecule has 0 saturated heterocycles. The third-order valence-electron chi connectivity index (χ3n) is 1.74. The van der Waals surface area contributed by atoms with Crippen LogP contribution in [0.3, 0.4) is 0 Å². The predicted octanol–water partition coefficient (Wildman–Crippen LogP) is 3.18. The number of rotatable bonds is 3. The molecule has 78 valence electrons. The monoisotopic (exact) mass is 233 g/mol. The number of hydrogen-bond acceptors (Lipinski definition) is 2. The number of aliphatic hydroxyl groups is 1. The molecule has 2 nitrogen and oxygen atoms in total. The Morgan fingerprint density at radius 3 is 2.14 bits per heavy atom. The molecular formula is C10H13Cl2NO. The fraction of sp³-hybridized carbons (Fsp3) is 0.400. The fourth-order valence-corrected chi connectivity index (χ4v) is 1.58. The molecule has 1 aromatic rings. The summed E-state index contributed by atoms with van der Waals surface area (Å²) in [5, 5.41) is 13.4. The van der Waals surface area contributed by atoms with Crippen molar-refractivity contribution in [3.63, 3.8) is 0 Å². The van der Waals surface area contributed by atoms with Crippen LogP contribution in [-0.2, 0) is 0 Å². The van der Waals surface area contributed by atoms with Crippen molar-refractivity contribution in [2.45, 2.75) is 19.4 Å². The number of nitrogens with one attached hydrogen (secondary N) is 1. The number of hydrogen-bond donors (Lipinski definition) is 2. The second-order valence-corrected chi connectivity index (χ2v) is 4.70. The van der Waals surface area contributed by atoms with Crippen molar-refractivity contribution in [3.05, 3.63) is 28.2 Å². The largest absolute Gasteiger partial charge is 0.394 e. The van der Waals surface area contributed by atoms with Crippen LogP contribution in [0.5, 0.6) is 0 Å². The molecule has 0 amide bonds. The fourth-order valence-electron chi connectivity index (χ4n) is 1.06. The van der Waals surface area contributed by atoms with E-state index in [0.29, 0.717) is 10.0 Å². The average molecular weight is 234 g/mol. The Balaban J connectivity index is 2.87. The highest BCUT2D eigenvalue weighted by atomic mass is 35.5. The first-order valence-corrected chi connectivity index (χ1v) is 5.04. The summed E-state index contributed by atoms with van der Waals surface area (Å²) >= 11 is 11.7. The number of aliphatic hydroxyl groups excluding tert-OH is 1. The van der Waals surface area contributed by atoms with Crippen molar-refractivity contribution in [2.24, 2.45) is 0 Å². The Morgan fingerprint density at radius 2 is 1.71 bits per heavy atom. The van der Waals surface area contributed by atoms with E-state index in [1.807, 2.05) is 13.8 Å². The van der Waals surface area contributed by atoms with Crippen LogP contribution in [0.1, 0.15) is 13.8 Å². The Bertz CT molecular complexity index is 306. The maximum Gasteiger partial charge on any atom is 0.0656 e. The van der Waals surface area contributed by atoms with Crippen LogP contribution in [-0.4, -0.2) is 17.3 Å². The van der Waals surface area contributed by atoms with Crippen molar-refractivity contribution < 1.29 is 5.11 Å². The van der Waals surface area contributed by atoms with Crippen LogP contribution in [0.4, 0.5) is 5.69 Å². The smallest absolute Gasteiger partial charge is 0.0656 e. The highest BCUT2D eigenvalue weighted by Crippen LogP contribution is 2.24. The highest BCUT2D eigenvalue weighted by molar-refractivity contribution is 6.35. The minimum atomic E-state index is -0.381. The van der Waals surface area contributed by atoms with Gasteiger partial charge in [-0.15, -0.1) is 0 Å². The predicted molar refractivity (Wildman–Crippen MR) is 61.2 cm³/mol. The molecule has 0 heterocycles. The highest BCUT2D eigenvalue weighted by Gasteiger charge is 2.15. The molecule has 0 spiro atoms. The van der Waals surface area contributed by atoms with Gasteiger partial charge in [0.25, 0.3) is 0 Å². The van der Waals surface area contributed by atoms with Crippen molar-refractivity contribution in [2.75, 3.05) is 11.9 Å². The lowest BCUT2D eigenvalue weighted by atomic mass is 10.1. The molecule has 0 aliphatic carbocycles. The summed E-state index contributed by atoms with van der Waals surface area (Å²) < 4.78 is 0. The summed E-state index contributed by atoms with van der Waals surface area (Å²) in [4.78, 5) is 0. The van der Waals surface area contributed by atoms with E-state index in [2.05, 4.69) is 5.32 Å². The van der Waals surface area contributed by atoms with Crippen molar-refractivity contribution >= 4 is 28.9 Å². The van der Waals surface area contributed by atoms with Gasteiger partial charge in [0.05, 0.1) is 12.1 Å². The molecule has 1 aromatic carbocycles. The van der Waals surface area contributed by atoms with E-state index in [1.54, 1.807) is 18.2 Å². The Hall–Kier alpha value is -0.440. The lowest BCUT2D eigenvalue weighted by Crippen LogP contribution is -2.34. The molecule has 0 radical (unpaired) electrons. The van der Waals surface area contributed by atoms with Gasteiger partial charge in [0, 0.05) is 15.7 Å². The van der Waals surface area contributed by atoms with Gasteiger partial charge in [-0.25, -0.2) is 0 Å². The summed E-state index contributed by atoms with van der Waals surface area (Å²) in [6.07, 6.45) is 0. The molecule has 4 heteroatoms. The quantitative estimate of drug-likeness (QED) is 0.841. The van der Waals surface area contributed by atoms with E-state index < -0.39 is 0 Å². The normalized spacial score (nSPS) is 11.5. The third kappa shape index (κ3) is 3.37. The van der Waals surface area contributed by atoms with Crippen LogP contribution in [0, 0.1) is 0 Å². The maximum atomic E-state index is 9.07. The van der Waals surface area contributed by atoms with E-state index in [1.165, 1.54) is 0 Å². The minimum Gasteiger partial charge on any atom is -0.394 e. The van der Waals surface area contributed by atoms with Gasteiger partial charge in [-0.1, -0.05) is 23.2 Å². The van der Waals surface area contributed by atoms with Crippen molar-refractivity contribution in [1.29, 1.82) is 0 Å². The standard InChI is InChI=1S/C10H13Cl2NO/c1-10(2,6-14)13-9-4-7(11)3-8(12)5-9/h3-5,13-14H,6H2,1-2H3. The molecule has 2 N–H and O–H groups in total. The SMILES string of the molecule is CC(C)(CO)Nc1cc(Cl)cc(Cl)c1. The minimum absolute atomic E-state index is 0.0388. The molecule has 0 aliphatic rings. The summed E-state index contributed by atoms with van der Waals surface area (Å²) in [6, 6.07) is 5.20. The molecule has 0 fully saturated rings. The van der Waals surface area contributed by atoms with Gasteiger partial charge in [0.15, 0.2) is 0 Å². The van der Waals surface area contributed by atoms with Gasteiger partial charge in [-0.05, 0) is 32.0 Å². The number of anilines is 1. The topological polar surface area (TPSA) is 32.3 Å². The van der Waals surface area contributed by atoms with Gasteiger partial charge >= 0.3 is 0 Å². The van der Waals surface area contributed by atoms with E-state index in [9.17, 15) is 0 Å². The second-order valence-electron chi connectivity index (χ2n) is 3.83. The van der Waals surface area contributed by atoms with Crippen LogP contribution < -0.4 is 5.32 Å². The lowest BCUT2D eigenvalue weighted by Gasteiger charge is -2.25. The maximum absolute atomic E-state index is 9.07. The first-order chi connectivity index (χ1) is 6.43. The first-order valence-electron chi connectivity index (χ1n) is 4.28. The number of benzene rings is 1. The van der Waals surface area contributed by atoms with Gasteiger partial charge < -0.3 is 10.4 Å². The molecule has 1 rings (SSSR count). The number of halogens is 2. The third-order valence-corrected chi connectivity index (χ3v) is 2.18. The van der Waals surface area contributed by atoms with E-state index >= 15 is 0 Å². The molecule has 0 saturated carbocycles. The lowest BCUT2D eigenvalue weighted by molar-refractivity contribution is 0.234.